The van der Waals surface area contributed by atoms with Gasteiger partial charge >= 0.3 is 0 Å². The summed E-state index contributed by atoms with van der Waals surface area (Å²) in [5.74, 6) is 0.333. The molecule has 0 radical (unpaired) electrons. The molecule has 8 heteroatoms. The Morgan fingerprint density at radius 1 is 1.29 bits per heavy atom. The van der Waals surface area contributed by atoms with Gasteiger partial charge in [-0.25, -0.2) is 14.1 Å². The molecular weight excluding hydrogens is 400 g/mol. The van der Waals surface area contributed by atoms with E-state index in [2.05, 4.69) is 26.0 Å². The van der Waals surface area contributed by atoms with Gasteiger partial charge in [-0.3, -0.25) is 0 Å². The van der Waals surface area contributed by atoms with Crippen molar-refractivity contribution in [3.05, 3.63) is 43.9 Å². The quantitative estimate of drug-likeness (QED) is 0.568. The second-order valence-corrected chi connectivity index (χ2v) is 7.45. The third kappa shape index (κ3) is 2.73. The van der Waals surface area contributed by atoms with E-state index in [0.29, 0.717) is 10.8 Å². The van der Waals surface area contributed by atoms with Gasteiger partial charge in [-0.2, -0.15) is 5.10 Å². The second-order valence-electron chi connectivity index (χ2n) is 4.21. The molecule has 3 nitrogen and oxygen atoms in total. The van der Waals surface area contributed by atoms with Gasteiger partial charge in [-0.05, 0) is 34.1 Å². The monoisotopic (exact) mass is 405 g/mol. The fourth-order valence-corrected chi connectivity index (χ4v) is 4.16. The third-order valence-electron chi connectivity index (χ3n) is 2.81. The number of nitrogens with zero attached hydrogens (tertiary/aromatic N) is 3. The van der Waals surface area contributed by atoms with E-state index in [1.165, 1.54) is 23.5 Å². The van der Waals surface area contributed by atoms with Gasteiger partial charge in [0.05, 0.1) is 24.3 Å². The summed E-state index contributed by atoms with van der Waals surface area (Å²) >= 11 is 17.0. The molecule has 0 amide bonds. The van der Waals surface area contributed by atoms with E-state index in [4.69, 9.17) is 23.2 Å². The zero-order valence-corrected chi connectivity index (χ0v) is 14.5. The molecule has 0 N–H and O–H groups in total. The predicted molar refractivity (Wildman–Crippen MR) is 87.4 cm³/mol. The van der Waals surface area contributed by atoms with Gasteiger partial charge in [-0.1, -0.05) is 29.3 Å². The molecule has 2 aromatic heterocycles. The lowest BCUT2D eigenvalue weighted by atomic mass is 10.2. The molecular formula is C13H7BrCl2FN3S. The standard InChI is InChI=1S/C13H7BrCl2FN3S/c1-20-13(11-7(16)5-9(14)21-11)18-12(19-20)10-6(15)3-2-4-8(10)17/h2-5H,1H3. The van der Waals surface area contributed by atoms with E-state index in [-0.39, 0.29) is 16.4 Å². The summed E-state index contributed by atoms with van der Waals surface area (Å²) in [6.07, 6.45) is 0. The Morgan fingerprint density at radius 2 is 2.05 bits per heavy atom. The molecule has 0 aliphatic carbocycles. The van der Waals surface area contributed by atoms with Crippen molar-refractivity contribution in [3.63, 3.8) is 0 Å². The Balaban J connectivity index is 2.17. The first-order chi connectivity index (χ1) is 9.97. The van der Waals surface area contributed by atoms with Crippen LogP contribution in [0.5, 0.6) is 0 Å². The first kappa shape index (κ1) is 15.0. The second kappa shape index (κ2) is 5.68. The van der Waals surface area contributed by atoms with Gasteiger partial charge in [0, 0.05) is 7.05 Å². The molecule has 2 heterocycles. The Morgan fingerprint density at radius 3 is 2.67 bits per heavy atom. The number of hydrogen-bond acceptors (Lipinski definition) is 3. The molecule has 0 saturated heterocycles. The molecule has 0 unspecified atom stereocenters. The molecule has 3 rings (SSSR count). The minimum Gasteiger partial charge on any atom is -0.248 e. The van der Waals surface area contributed by atoms with Crippen molar-refractivity contribution in [1.82, 2.24) is 14.8 Å². The lowest BCUT2D eigenvalue weighted by Crippen LogP contribution is -1.93. The number of aryl methyl sites for hydroxylation is 1. The Kier molecular flexibility index (Phi) is 4.05. The maximum absolute atomic E-state index is 14.0. The molecule has 0 saturated carbocycles. The molecule has 0 atom stereocenters. The van der Waals surface area contributed by atoms with Crippen LogP contribution in [-0.4, -0.2) is 14.8 Å². The van der Waals surface area contributed by atoms with Crippen LogP contribution in [0, 0.1) is 5.82 Å². The summed E-state index contributed by atoms with van der Waals surface area (Å²) in [7, 11) is 1.73. The van der Waals surface area contributed by atoms with Crippen molar-refractivity contribution in [1.29, 1.82) is 0 Å². The van der Waals surface area contributed by atoms with Gasteiger partial charge in [0.1, 0.15) is 5.82 Å². The molecule has 108 valence electrons. The maximum Gasteiger partial charge on any atom is 0.186 e. The number of hydrogen-bond donors (Lipinski definition) is 0. The highest BCUT2D eigenvalue weighted by Crippen LogP contribution is 2.39. The minimum absolute atomic E-state index is 0.188. The first-order valence-electron chi connectivity index (χ1n) is 5.78. The molecule has 0 spiro atoms. The number of benzene rings is 1. The Labute approximate surface area is 142 Å². The maximum atomic E-state index is 14.0. The van der Waals surface area contributed by atoms with E-state index in [9.17, 15) is 4.39 Å². The Bertz CT molecular complexity index is 811. The zero-order valence-electron chi connectivity index (χ0n) is 10.6. The van der Waals surface area contributed by atoms with Crippen LogP contribution < -0.4 is 0 Å². The summed E-state index contributed by atoms with van der Waals surface area (Å²) in [4.78, 5) is 5.14. The summed E-state index contributed by atoms with van der Waals surface area (Å²) in [5, 5.41) is 5.08. The highest BCUT2D eigenvalue weighted by atomic mass is 79.9. The third-order valence-corrected chi connectivity index (χ3v) is 5.17. The van der Waals surface area contributed by atoms with Crippen LogP contribution in [0.4, 0.5) is 4.39 Å². The van der Waals surface area contributed by atoms with Gasteiger partial charge in [0.25, 0.3) is 0 Å². The SMILES string of the molecule is Cn1nc(-c2c(F)cccc2Cl)nc1-c1sc(Br)cc1Cl. The summed E-state index contributed by atoms with van der Waals surface area (Å²) in [5.41, 5.74) is 0.188. The summed E-state index contributed by atoms with van der Waals surface area (Å²) in [6, 6.07) is 6.25. The van der Waals surface area contributed by atoms with Crippen LogP contribution in [-0.2, 0) is 7.05 Å². The topological polar surface area (TPSA) is 30.7 Å². The Hall–Kier alpha value is -0.950. The molecule has 0 fully saturated rings. The van der Waals surface area contributed by atoms with Crippen molar-refractivity contribution in [2.75, 3.05) is 0 Å². The van der Waals surface area contributed by atoms with Gasteiger partial charge in [0.2, 0.25) is 0 Å². The van der Waals surface area contributed by atoms with Crippen molar-refractivity contribution >= 4 is 50.5 Å². The van der Waals surface area contributed by atoms with E-state index >= 15 is 0 Å². The van der Waals surface area contributed by atoms with Crippen molar-refractivity contribution in [2.24, 2.45) is 7.05 Å². The van der Waals surface area contributed by atoms with E-state index < -0.39 is 5.82 Å². The molecule has 21 heavy (non-hydrogen) atoms. The van der Waals surface area contributed by atoms with Crippen LogP contribution in [0.1, 0.15) is 0 Å². The predicted octanol–water partition coefficient (Wildman–Crippen LogP) is 5.42. The number of aromatic nitrogens is 3. The molecule has 3 aromatic rings. The lowest BCUT2D eigenvalue weighted by molar-refractivity contribution is 0.629. The van der Waals surface area contributed by atoms with Crippen molar-refractivity contribution in [2.45, 2.75) is 0 Å². The highest BCUT2D eigenvalue weighted by molar-refractivity contribution is 9.11. The fraction of sp³-hybridized carbons (Fsp3) is 0.0769. The first-order valence-corrected chi connectivity index (χ1v) is 8.14. The van der Waals surface area contributed by atoms with Crippen LogP contribution in [0.25, 0.3) is 22.1 Å². The van der Waals surface area contributed by atoms with Crippen molar-refractivity contribution < 1.29 is 4.39 Å². The molecule has 0 bridgehead atoms. The van der Waals surface area contributed by atoms with Gasteiger partial charge in [-0.15, -0.1) is 11.3 Å². The minimum atomic E-state index is -0.460. The molecule has 0 aliphatic heterocycles. The van der Waals surface area contributed by atoms with Gasteiger partial charge < -0.3 is 0 Å². The fourth-order valence-electron chi connectivity index (χ4n) is 1.89. The van der Waals surface area contributed by atoms with E-state index in [1.54, 1.807) is 23.9 Å². The van der Waals surface area contributed by atoms with E-state index in [0.717, 1.165) is 8.66 Å². The summed E-state index contributed by atoms with van der Waals surface area (Å²) in [6.45, 7) is 0. The van der Waals surface area contributed by atoms with Crippen LogP contribution in [0.3, 0.4) is 0 Å². The van der Waals surface area contributed by atoms with Crippen molar-refractivity contribution in [3.8, 4) is 22.1 Å². The average Bonchev–Trinajstić information content (AvgIpc) is 2.92. The van der Waals surface area contributed by atoms with Gasteiger partial charge in [0.15, 0.2) is 11.6 Å². The molecule has 0 aliphatic rings. The smallest absolute Gasteiger partial charge is 0.186 e. The average molecular weight is 407 g/mol. The molecule has 1 aromatic carbocycles. The normalized spacial score (nSPS) is 11.1. The number of halogens is 4. The van der Waals surface area contributed by atoms with Crippen LogP contribution >= 0.6 is 50.5 Å². The largest absolute Gasteiger partial charge is 0.248 e. The summed E-state index contributed by atoms with van der Waals surface area (Å²) < 4.78 is 16.4. The lowest BCUT2D eigenvalue weighted by Gasteiger charge is -1.99. The van der Waals surface area contributed by atoms with E-state index in [1.807, 2.05) is 0 Å². The zero-order chi connectivity index (χ0) is 15.1. The van der Waals surface area contributed by atoms with Crippen LogP contribution in [0.15, 0.2) is 28.1 Å². The van der Waals surface area contributed by atoms with Crippen LogP contribution in [0.2, 0.25) is 10.0 Å². The number of thiophene rings is 1. The highest BCUT2D eigenvalue weighted by Gasteiger charge is 2.20. The number of rotatable bonds is 2.